The summed E-state index contributed by atoms with van der Waals surface area (Å²) in [6, 6.07) is 0.741. The molecule has 1 rings (SSSR count). The van der Waals surface area contributed by atoms with E-state index in [4.69, 9.17) is 0 Å². The molecule has 2 unspecified atom stereocenters. The van der Waals surface area contributed by atoms with Crippen LogP contribution in [0, 0.1) is 5.92 Å². The predicted molar refractivity (Wildman–Crippen MR) is 44.1 cm³/mol. The van der Waals surface area contributed by atoms with Crippen LogP contribution in [0.25, 0.3) is 0 Å². The monoisotopic (exact) mass is 142 g/mol. The van der Waals surface area contributed by atoms with Gasteiger partial charge in [0.2, 0.25) is 0 Å². The van der Waals surface area contributed by atoms with Crippen molar-refractivity contribution in [1.82, 2.24) is 10.2 Å². The molecule has 2 heteroatoms. The molecule has 1 aliphatic heterocycles. The molecule has 1 N–H and O–H groups in total. The van der Waals surface area contributed by atoms with Gasteiger partial charge in [0, 0.05) is 12.6 Å². The van der Waals surface area contributed by atoms with E-state index in [-0.39, 0.29) is 0 Å². The van der Waals surface area contributed by atoms with Crippen molar-refractivity contribution in [1.29, 1.82) is 0 Å². The average molecular weight is 142 g/mol. The highest BCUT2D eigenvalue weighted by Crippen LogP contribution is 2.13. The fourth-order valence-corrected chi connectivity index (χ4v) is 1.69. The van der Waals surface area contributed by atoms with Gasteiger partial charge in [-0.25, -0.2) is 0 Å². The van der Waals surface area contributed by atoms with Crippen molar-refractivity contribution in [3.63, 3.8) is 0 Å². The summed E-state index contributed by atoms with van der Waals surface area (Å²) in [4.78, 5) is 2.27. The lowest BCUT2D eigenvalue weighted by Crippen LogP contribution is -2.23. The molecule has 2 atom stereocenters. The molecule has 0 amide bonds. The standard InChI is InChI=1S/C8H18N2/c1-7-4-8(5-9-7)6-10(2)3/h7-9H,4-6H2,1-3H3. The largest absolute Gasteiger partial charge is 0.314 e. The van der Waals surface area contributed by atoms with Crippen molar-refractivity contribution in [3.8, 4) is 0 Å². The molecule has 0 radical (unpaired) electrons. The van der Waals surface area contributed by atoms with E-state index in [2.05, 4.69) is 31.2 Å². The van der Waals surface area contributed by atoms with Gasteiger partial charge in [-0.15, -0.1) is 0 Å². The maximum absolute atomic E-state index is 3.45. The molecule has 1 fully saturated rings. The summed E-state index contributed by atoms with van der Waals surface area (Å²) >= 11 is 0. The second-order valence-electron chi connectivity index (χ2n) is 3.67. The molecule has 0 aromatic carbocycles. The topological polar surface area (TPSA) is 15.3 Å². The van der Waals surface area contributed by atoms with Crippen LogP contribution < -0.4 is 5.32 Å². The highest BCUT2D eigenvalue weighted by Gasteiger charge is 2.20. The molecule has 0 aromatic rings. The van der Waals surface area contributed by atoms with Crippen LogP contribution in [0.15, 0.2) is 0 Å². The molecule has 0 aliphatic carbocycles. The molecule has 2 nitrogen and oxygen atoms in total. The Hall–Kier alpha value is -0.0800. The summed E-state index contributed by atoms with van der Waals surface area (Å²) in [5.74, 6) is 0.880. The van der Waals surface area contributed by atoms with Crippen LogP contribution in [0.2, 0.25) is 0 Å². The van der Waals surface area contributed by atoms with Gasteiger partial charge in [-0.1, -0.05) is 0 Å². The SMILES string of the molecule is CC1CC(CN(C)C)CN1. The number of nitrogens with zero attached hydrogens (tertiary/aromatic N) is 1. The van der Waals surface area contributed by atoms with Gasteiger partial charge in [0.05, 0.1) is 0 Å². The van der Waals surface area contributed by atoms with Crippen LogP contribution in [0.5, 0.6) is 0 Å². The molecule has 0 spiro atoms. The molecule has 1 heterocycles. The third kappa shape index (κ3) is 2.27. The van der Waals surface area contributed by atoms with E-state index in [9.17, 15) is 0 Å². The maximum Gasteiger partial charge on any atom is 0.00424 e. The Morgan fingerprint density at radius 1 is 1.50 bits per heavy atom. The van der Waals surface area contributed by atoms with E-state index in [1.54, 1.807) is 0 Å². The van der Waals surface area contributed by atoms with Gasteiger partial charge in [0.25, 0.3) is 0 Å². The molecule has 0 aromatic heterocycles. The fourth-order valence-electron chi connectivity index (χ4n) is 1.69. The summed E-state index contributed by atoms with van der Waals surface area (Å²) in [5.41, 5.74) is 0. The zero-order valence-corrected chi connectivity index (χ0v) is 7.22. The Kier molecular flexibility index (Phi) is 2.69. The van der Waals surface area contributed by atoms with Crippen molar-refractivity contribution < 1.29 is 0 Å². The average Bonchev–Trinajstić information content (AvgIpc) is 2.13. The molecule has 10 heavy (non-hydrogen) atoms. The summed E-state index contributed by atoms with van der Waals surface area (Å²) in [7, 11) is 4.28. The highest BCUT2D eigenvalue weighted by molar-refractivity contribution is 4.79. The second-order valence-corrected chi connectivity index (χ2v) is 3.67. The summed E-state index contributed by atoms with van der Waals surface area (Å²) in [5, 5.41) is 3.45. The number of nitrogens with one attached hydrogen (secondary N) is 1. The highest BCUT2D eigenvalue weighted by atomic mass is 15.1. The third-order valence-electron chi connectivity index (χ3n) is 2.07. The van der Waals surface area contributed by atoms with Crippen LogP contribution >= 0.6 is 0 Å². The number of hydrogen-bond acceptors (Lipinski definition) is 2. The molecule has 60 valence electrons. The normalized spacial score (nSPS) is 33.6. The zero-order valence-electron chi connectivity index (χ0n) is 7.22. The molecule has 1 saturated heterocycles. The summed E-state index contributed by atoms with van der Waals surface area (Å²) in [6.45, 7) is 4.70. The quantitative estimate of drug-likeness (QED) is 0.605. The van der Waals surface area contributed by atoms with Gasteiger partial charge in [-0.05, 0) is 39.9 Å². The lowest BCUT2D eigenvalue weighted by Gasteiger charge is -2.14. The van der Waals surface area contributed by atoms with Crippen LogP contribution in [-0.2, 0) is 0 Å². The van der Waals surface area contributed by atoms with E-state index in [1.165, 1.54) is 19.5 Å². The fraction of sp³-hybridized carbons (Fsp3) is 1.00. The Balaban J connectivity index is 2.18. The first-order valence-electron chi connectivity index (χ1n) is 4.06. The van der Waals surface area contributed by atoms with Gasteiger partial charge < -0.3 is 10.2 Å². The van der Waals surface area contributed by atoms with Crippen LogP contribution in [0.4, 0.5) is 0 Å². The second kappa shape index (κ2) is 3.35. The first-order valence-corrected chi connectivity index (χ1v) is 4.06. The minimum absolute atomic E-state index is 0.741. The van der Waals surface area contributed by atoms with Gasteiger partial charge in [-0.3, -0.25) is 0 Å². The molecule has 1 aliphatic rings. The van der Waals surface area contributed by atoms with E-state index in [1.807, 2.05) is 0 Å². The van der Waals surface area contributed by atoms with Crippen molar-refractivity contribution >= 4 is 0 Å². The lowest BCUT2D eigenvalue weighted by atomic mass is 10.1. The van der Waals surface area contributed by atoms with E-state index in [0.717, 1.165) is 12.0 Å². The predicted octanol–water partition coefficient (Wildman–Crippen LogP) is 0.546. The van der Waals surface area contributed by atoms with Gasteiger partial charge >= 0.3 is 0 Å². The summed E-state index contributed by atoms with van der Waals surface area (Å²) < 4.78 is 0. The maximum atomic E-state index is 3.45. The van der Waals surface area contributed by atoms with Crippen LogP contribution in [0.3, 0.4) is 0 Å². The molecule has 0 bridgehead atoms. The van der Waals surface area contributed by atoms with Crippen LogP contribution in [-0.4, -0.2) is 38.1 Å². The van der Waals surface area contributed by atoms with E-state index < -0.39 is 0 Å². The number of hydrogen-bond donors (Lipinski definition) is 1. The first kappa shape index (κ1) is 8.02. The van der Waals surface area contributed by atoms with Crippen LogP contribution in [0.1, 0.15) is 13.3 Å². The number of rotatable bonds is 2. The Bertz CT molecular complexity index is 101. The van der Waals surface area contributed by atoms with Gasteiger partial charge in [0.15, 0.2) is 0 Å². The third-order valence-corrected chi connectivity index (χ3v) is 2.07. The smallest absolute Gasteiger partial charge is 0.00424 e. The first-order chi connectivity index (χ1) is 4.68. The van der Waals surface area contributed by atoms with Crippen molar-refractivity contribution in [2.45, 2.75) is 19.4 Å². The van der Waals surface area contributed by atoms with Gasteiger partial charge in [0.1, 0.15) is 0 Å². The Labute approximate surface area is 63.6 Å². The Morgan fingerprint density at radius 3 is 2.60 bits per heavy atom. The molecule has 0 saturated carbocycles. The van der Waals surface area contributed by atoms with Crippen molar-refractivity contribution in [2.75, 3.05) is 27.2 Å². The minimum atomic E-state index is 0.741. The van der Waals surface area contributed by atoms with Gasteiger partial charge in [-0.2, -0.15) is 0 Å². The van der Waals surface area contributed by atoms with E-state index in [0.29, 0.717) is 0 Å². The molecular weight excluding hydrogens is 124 g/mol. The lowest BCUT2D eigenvalue weighted by molar-refractivity contribution is 0.336. The van der Waals surface area contributed by atoms with E-state index >= 15 is 0 Å². The van der Waals surface area contributed by atoms with Crippen molar-refractivity contribution in [2.24, 2.45) is 5.92 Å². The molecular formula is C8H18N2. The minimum Gasteiger partial charge on any atom is -0.314 e. The Morgan fingerprint density at radius 2 is 2.20 bits per heavy atom. The zero-order chi connectivity index (χ0) is 7.56. The van der Waals surface area contributed by atoms with Crippen molar-refractivity contribution in [3.05, 3.63) is 0 Å². The summed E-state index contributed by atoms with van der Waals surface area (Å²) in [6.07, 6.45) is 1.35.